The molecule has 0 saturated heterocycles. The molecule has 51 heavy (non-hydrogen) atoms. The molecule has 0 aliphatic rings. The maximum Gasteiger partial charge on any atom is 0.412 e. The number of carbonyl (C=O) groups is 6. The van der Waals surface area contributed by atoms with Gasteiger partial charge in [0.1, 0.15) is 11.2 Å². The second-order valence-corrected chi connectivity index (χ2v) is 13.3. The van der Waals surface area contributed by atoms with Crippen LogP contribution in [-0.4, -0.2) is 70.7 Å². The van der Waals surface area contributed by atoms with Gasteiger partial charge in [0.25, 0.3) is 23.4 Å². The molecule has 1 aromatic heterocycles. The second kappa shape index (κ2) is 16.9. The molecule has 13 heteroatoms. The molecule has 3 aromatic rings. The van der Waals surface area contributed by atoms with Crippen LogP contribution in [0.4, 0.5) is 21.0 Å². The number of nitrogens with one attached hydrogen (secondary N) is 2. The molecule has 4 amide bonds. The number of ketones is 2. The lowest BCUT2D eigenvalue weighted by molar-refractivity contribution is -0.125. The van der Waals surface area contributed by atoms with Crippen molar-refractivity contribution in [3.8, 4) is 23.7 Å². The van der Waals surface area contributed by atoms with Crippen LogP contribution in [0.3, 0.4) is 0 Å². The fourth-order valence-corrected chi connectivity index (χ4v) is 4.04. The summed E-state index contributed by atoms with van der Waals surface area (Å²) in [5.41, 5.74) is 1.26. The molecule has 0 spiro atoms. The van der Waals surface area contributed by atoms with Gasteiger partial charge in [0, 0.05) is 50.4 Å². The van der Waals surface area contributed by atoms with E-state index >= 15 is 0 Å². The lowest BCUT2D eigenvalue weighted by Crippen LogP contribution is -2.27. The van der Waals surface area contributed by atoms with Gasteiger partial charge in [0.15, 0.2) is 11.5 Å². The molecule has 0 bridgehead atoms. The van der Waals surface area contributed by atoms with Gasteiger partial charge in [-0.1, -0.05) is 24.3 Å². The minimum Gasteiger partial charge on any atom is -0.448 e. The van der Waals surface area contributed by atoms with E-state index in [1.807, 2.05) is 0 Å². The number of benzene rings is 2. The van der Waals surface area contributed by atoms with Crippen LogP contribution >= 0.6 is 0 Å². The molecule has 13 nitrogen and oxygen atoms in total. The highest BCUT2D eigenvalue weighted by Gasteiger charge is 2.18. The smallest absolute Gasteiger partial charge is 0.412 e. The molecule has 0 radical (unpaired) electrons. The maximum atomic E-state index is 12.5. The number of Topliss-reactive ketones (excluding diaryl/α,β-unsaturated/α-hetero) is 2. The average molecular weight is 697 g/mol. The second-order valence-electron chi connectivity index (χ2n) is 13.3. The summed E-state index contributed by atoms with van der Waals surface area (Å²) >= 11 is 0. The minimum absolute atomic E-state index is 0.181. The molecule has 3 rings (SSSR count). The van der Waals surface area contributed by atoms with Crippen molar-refractivity contribution in [3.63, 3.8) is 0 Å². The minimum atomic E-state index is -0.829. The summed E-state index contributed by atoms with van der Waals surface area (Å²) in [5, 5.41) is 5.25. The van der Waals surface area contributed by atoms with Crippen molar-refractivity contribution in [2.75, 3.05) is 24.7 Å². The summed E-state index contributed by atoms with van der Waals surface area (Å²) in [7, 11) is 3.02. The van der Waals surface area contributed by atoms with Crippen LogP contribution in [-0.2, 0) is 32.2 Å². The molecule has 0 saturated carbocycles. The Balaban J connectivity index is 1.50. The standard InChI is InChI=1S/C38H40N4O9/c1-37(2,3)50-35(47)39-27-13-9-25(10-14-27)23-41(7)33(45)21-17-29(43)31-19-20-32(49-31)30(44)18-22-34(46)42(8)24-26-11-15-28(16-12-26)40-36(48)51-38(4,5)6/h9-16,19-20H,23-24H2,1-8H3,(H,39,47)(H,40,48). The van der Waals surface area contributed by atoms with Crippen molar-refractivity contribution in [2.24, 2.45) is 0 Å². The largest absolute Gasteiger partial charge is 0.448 e. The summed E-state index contributed by atoms with van der Waals surface area (Å²) in [6.45, 7) is 10.9. The Morgan fingerprint density at radius 1 is 0.569 bits per heavy atom. The predicted molar refractivity (Wildman–Crippen MR) is 188 cm³/mol. The fourth-order valence-electron chi connectivity index (χ4n) is 4.04. The average Bonchev–Trinajstić information content (AvgIpc) is 3.53. The zero-order valence-electron chi connectivity index (χ0n) is 29.8. The Kier molecular flexibility index (Phi) is 12.9. The molecule has 266 valence electrons. The van der Waals surface area contributed by atoms with Crippen molar-refractivity contribution in [2.45, 2.75) is 65.8 Å². The third kappa shape index (κ3) is 13.6. The van der Waals surface area contributed by atoms with E-state index in [9.17, 15) is 28.8 Å². The van der Waals surface area contributed by atoms with Crippen molar-refractivity contribution in [3.05, 3.63) is 83.3 Å². The first kappa shape index (κ1) is 39.1. The first-order valence-electron chi connectivity index (χ1n) is 15.7. The predicted octanol–water partition coefficient (Wildman–Crippen LogP) is 5.66. The van der Waals surface area contributed by atoms with Gasteiger partial charge in [-0.15, -0.1) is 0 Å². The molecule has 2 N–H and O–H groups in total. The summed E-state index contributed by atoms with van der Waals surface area (Å²) in [6.07, 6.45) is -1.18. The van der Waals surface area contributed by atoms with Gasteiger partial charge in [-0.25, -0.2) is 9.59 Å². The van der Waals surface area contributed by atoms with Crippen LogP contribution in [0.1, 0.15) is 73.8 Å². The number of carbonyl (C=O) groups excluding carboxylic acids is 6. The van der Waals surface area contributed by atoms with E-state index in [-0.39, 0.29) is 24.6 Å². The first-order chi connectivity index (χ1) is 23.8. The van der Waals surface area contributed by atoms with Crippen molar-refractivity contribution < 1.29 is 42.7 Å². The molecule has 0 atom stereocenters. The SMILES string of the molecule is CN(Cc1ccc(NC(=O)OC(C)(C)C)cc1)C(=O)C#CC(=O)c1ccc(C(=O)C#CC(=O)N(C)Cc2ccc(NC(=O)OC(C)(C)C)cc2)o1. The summed E-state index contributed by atoms with van der Waals surface area (Å²) in [6, 6.07) is 16.0. The summed E-state index contributed by atoms with van der Waals surface area (Å²) < 4.78 is 15.7. The van der Waals surface area contributed by atoms with Gasteiger partial charge < -0.3 is 23.7 Å². The summed E-state index contributed by atoms with van der Waals surface area (Å²) in [5.74, 6) is 5.45. The number of amides is 4. The molecule has 2 aromatic carbocycles. The highest BCUT2D eigenvalue weighted by atomic mass is 16.6. The van der Waals surface area contributed by atoms with Crippen LogP contribution in [0, 0.1) is 23.7 Å². The lowest BCUT2D eigenvalue weighted by Gasteiger charge is -2.20. The van der Waals surface area contributed by atoms with E-state index in [1.54, 1.807) is 90.1 Å². The Morgan fingerprint density at radius 3 is 1.22 bits per heavy atom. The Morgan fingerprint density at radius 2 is 0.902 bits per heavy atom. The third-order valence-corrected chi connectivity index (χ3v) is 6.35. The van der Waals surface area contributed by atoms with Crippen molar-refractivity contribution in [1.82, 2.24) is 9.80 Å². The number of anilines is 2. The number of furan rings is 1. The van der Waals surface area contributed by atoms with Crippen LogP contribution in [0.5, 0.6) is 0 Å². The number of rotatable bonds is 8. The highest BCUT2D eigenvalue weighted by Crippen LogP contribution is 2.16. The number of hydrogen-bond acceptors (Lipinski definition) is 9. The monoisotopic (exact) mass is 696 g/mol. The zero-order chi connectivity index (χ0) is 37.9. The Bertz CT molecular complexity index is 1770. The lowest BCUT2D eigenvalue weighted by atomic mass is 10.2. The maximum absolute atomic E-state index is 12.5. The quantitative estimate of drug-likeness (QED) is 0.172. The molecular formula is C38H40N4O9. The van der Waals surface area contributed by atoms with E-state index in [0.717, 1.165) is 11.1 Å². The normalized spacial score (nSPS) is 10.7. The van der Waals surface area contributed by atoms with E-state index in [0.29, 0.717) is 11.4 Å². The topological polar surface area (TPSA) is 165 Å². The van der Waals surface area contributed by atoms with Gasteiger partial charge in [-0.3, -0.25) is 29.8 Å². The van der Waals surface area contributed by atoms with Crippen molar-refractivity contribution in [1.29, 1.82) is 0 Å². The summed E-state index contributed by atoms with van der Waals surface area (Å²) in [4.78, 5) is 76.6. The van der Waals surface area contributed by atoms with Crippen LogP contribution in [0.15, 0.2) is 65.1 Å². The third-order valence-electron chi connectivity index (χ3n) is 6.35. The van der Waals surface area contributed by atoms with Gasteiger partial charge in [0.05, 0.1) is 0 Å². The number of nitrogens with zero attached hydrogens (tertiary/aromatic N) is 2. The van der Waals surface area contributed by atoms with E-state index in [1.165, 1.54) is 36.0 Å². The molecular weight excluding hydrogens is 656 g/mol. The molecule has 0 aliphatic heterocycles. The molecule has 0 fully saturated rings. The van der Waals surface area contributed by atoms with Crippen molar-refractivity contribution >= 4 is 46.9 Å². The number of ether oxygens (including phenoxy) is 2. The molecule has 1 heterocycles. The first-order valence-corrected chi connectivity index (χ1v) is 15.7. The molecule has 0 aliphatic carbocycles. The van der Waals surface area contributed by atoms with Crippen LogP contribution in [0.25, 0.3) is 0 Å². The number of hydrogen-bond donors (Lipinski definition) is 2. The van der Waals surface area contributed by atoms with Crippen LogP contribution < -0.4 is 10.6 Å². The van der Waals surface area contributed by atoms with Crippen LogP contribution in [0.2, 0.25) is 0 Å². The highest BCUT2D eigenvalue weighted by molar-refractivity contribution is 6.13. The Hall–Kier alpha value is -6.34. The fraction of sp³-hybridized carbons (Fsp3) is 0.316. The van der Waals surface area contributed by atoms with E-state index in [4.69, 9.17) is 13.9 Å². The zero-order valence-corrected chi connectivity index (χ0v) is 29.8. The van der Waals surface area contributed by atoms with Gasteiger partial charge in [-0.05, 0) is 101 Å². The van der Waals surface area contributed by atoms with E-state index in [2.05, 4.69) is 34.3 Å². The van der Waals surface area contributed by atoms with Gasteiger partial charge in [-0.2, -0.15) is 0 Å². The van der Waals surface area contributed by atoms with E-state index < -0.39 is 46.8 Å². The Labute approximate surface area is 296 Å². The van der Waals surface area contributed by atoms with Gasteiger partial charge >= 0.3 is 12.2 Å². The molecule has 0 unspecified atom stereocenters. The van der Waals surface area contributed by atoms with Gasteiger partial charge in [0.2, 0.25) is 0 Å².